The second kappa shape index (κ2) is 7.64. The van der Waals surface area contributed by atoms with Crippen LogP contribution < -0.4 is 10.6 Å². The van der Waals surface area contributed by atoms with Crippen molar-refractivity contribution in [1.82, 2.24) is 20.3 Å². The Kier molecular flexibility index (Phi) is 4.89. The van der Waals surface area contributed by atoms with Crippen LogP contribution in [0.3, 0.4) is 0 Å². The molecule has 0 saturated heterocycles. The van der Waals surface area contributed by atoms with Gasteiger partial charge in [0.1, 0.15) is 5.69 Å². The Bertz CT molecular complexity index is 991. The first-order valence-corrected chi connectivity index (χ1v) is 9.38. The van der Waals surface area contributed by atoms with E-state index in [-0.39, 0.29) is 17.9 Å². The lowest BCUT2D eigenvalue weighted by Gasteiger charge is -2.10. The van der Waals surface area contributed by atoms with Crippen molar-refractivity contribution in [2.45, 2.75) is 32.2 Å². The van der Waals surface area contributed by atoms with Crippen molar-refractivity contribution in [3.05, 3.63) is 60.3 Å². The first kappa shape index (κ1) is 17.9. The summed E-state index contributed by atoms with van der Waals surface area (Å²) in [6.45, 7) is 1.81. The second-order valence-corrected chi connectivity index (χ2v) is 6.76. The summed E-state index contributed by atoms with van der Waals surface area (Å²) in [5.74, 6) is -0.253. The van der Waals surface area contributed by atoms with Crippen LogP contribution in [-0.4, -0.2) is 32.9 Å². The number of anilines is 1. The lowest BCUT2D eigenvalue weighted by molar-refractivity contribution is -0.115. The average molecular weight is 375 g/mol. The molecule has 1 aliphatic rings. The first-order valence-electron chi connectivity index (χ1n) is 9.38. The highest BCUT2D eigenvalue weighted by Gasteiger charge is 2.28. The molecule has 2 amide bonds. The van der Waals surface area contributed by atoms with Gasteiger partial charge >= 0.3 is 0 Å². The normalized spacial score (nSPS) is 13.2. The lowest BCUT2D eigenvalue weighted by Crippen LogP contribution is -2.26. The number of aromatic nitrogens is 3. The third-order valence-corrected chi connectivity index (χ3v) is 4.56. The Morgan fingerprint density at radius 1 is 1.07 bits per heavy atom. The topological polar surface area (TPSA) is 88.9 Å². The van der Waals surface area contributed by atoms with Gasteiger partial charge in [0.05, 0.1) is 5.69 Å². The molecule has 0 atom stereocenters. The first-order chi connectivity index (χ1) is 13.7. The Morgan fingerprint density at radius 2 is 1.79 bits per heavy atom. The highest BCUT2D eigenvalue weighted by atomic mass is 16.2. The largest absolute Gasteiger partial charge is 0.348 e. The number of nitrogens with zero attached hydrogens (tertiary/aromatic N) is 3. The van der Waals surface area contributed by atoms with Gasteiger partial charge in [-0.05, 0) is 37.1 Å². The Hall–Kier alpha value is -3.48. The fourth-order valence-electron chi connectivity index (χ4n) is 2.89. The van der Waals surface area contributed by atoms with Gasteiger partial charge in [-0.1, -0.05) is 42.5 Å². The number of carbonyl (C=O) groups excluding carboxylic acids is 2. The fourth-order valence-corrected chi connectivity index (χ4v) is 2.89. The van der Waals surface area contributed by atoms with Crippen LogP contribution in [-0.2, 0) is 4.79 Å². The van der Waals surface area contributed by atoms with Gasteiger partial charge in [0.2, 0.25) is 5.91 Å². The van der Waals surface area contributed by atoms with Gasteiger partial charge in [0, 0.05) is 23.7 Å². The van der Waals surface area contributed by atoms with Crippen molar-refractivity contribution in [1.29, 1.82) is 0 Å². The van der Waals surface area contributed by atoms with E-state index in [9.17, 15) is 9.59 Å². The van der Waals surface area contributed by atoms with Gasteiger partial charge < -0.3 is 10.6 Å². The maximum absolute atomic E-state index is 12.7. The third-order valence-electron chi connectivity index (χ3n) is 4.56. The molecule has 0 aliphatic heterocycles. The molecule has 3 aromatic rings. The molecular formula is C21H21N5O2. The second-order valence-electron chi connectivity index (χ2n) is 6.76. The van der Waals surface area contributed by atoms with Crippen molar-refractivity contribution in [3.63, 3.8) is 0 Å². The number of hydrogen-bond donors (Lipinski definition) is 2. The van der Waals surface area contributed by atoms with Gasteiger partial charge in [-0.15, -0.1) is 5.10 Å². The molecule has 2 N–H and O–H groups in total. The zero-order chi connectivity index (χ0) is 19.5. The highest BCUT2D eigenvalue weighted by molar-refractivity contribution is 5.98. The number of nitrogens with one attached hydrogen (secondary N) is 2. The van der Waals surface area contributed by atoms with Gasteiger partial charge in [0.15, 0.2) is 5.69 Å². The van der Waals surface area contributed by atoms with E-state index >= 15 is 0 Å². The lowest BCUT2D eigenvalue weighted by atomic mass is 10.1. The summed E-state index contributed by atoms with van der Waals surface area (Å²) in [7, 11) is 0. The van der Waals surface area contributed by atoms with E-state index in [4.69, 9.17) is 0 Å². The van der Waals surface area contributed by atoms with E-state index in [0.29, 0.717) is 23.5 Å². The van der Waals surface area contributed by atoms with Crippen LogP contribution in [0.2, 0.25) is 0 Å². The van der Waals surface area contributed by atoms with Gasteiger partial charge in [0.25, 0.3) is 5.91 Å². The Balaban J connectivity index is 1.71. The van der Waals surface area contributed by atoms with Gasteiger partial charge in [-0.2, -0.15) is 0 Å². The summed E-state index contributed by atoms with van der Waals surface area (Å²) in [6.07, 6.45) is 2.43. The standard InChI is InChI=1S/C21H21N5O2/c1-2-18(27)22-15-10-12-17(13-11-15)26-20(14-6-4-3-5-7-14)19(24-25-26)21(28)23-16-8-9-16/h3-7,10-13,16H,2,8-9H2,1H3,(H,22,27)(H,23,28). The van der Waals surface area contributed by atoms with E-state index in [1.165, 1.54) is 0 Å². The molecule has 0 unspecified atom stereocenters. The molecule has 2 aromatic carbocycles. The number of hydrogen-bond acceptors (Lipinski definition) is 4. The zero-order valence-corrected chi connectivity index (χ0v) is 15.6. The fraction of sp³-hybridized carbons (Fsp3) is 0.238. The molecule has 4 rings (SSSR count). The molecular weight excluding hydrogens is 354 g/mol. The van der Waals surface area contributed by atoms with Crippen LogP contribution in [0.1, 0.15) is 36.7 Å². The number of rotatable bonds is 6. The van der Waals surface area contributed by atoms with Crippen LogP contribution in [0.5, 0.6) is 0 Å². The minimum atomic E-state index is -0.209. The number of benzene rings is 2. The Morgan fingerprint density at radius 3 is 2.43 bits per heavy atom. The SMILES string of the molecule is CCC(=O)Nc1ccc(-n2nnc(C(=O)NC3CC3)c2-c2ccccc2)cc1. The van der Waals surface area contributed by atoms with Crippen LogP contribution in [0.25, 0.3) is 16.9 Å². The van der Waals surface area contributed by atoms with Crippen LogP contribution in [0.15, 0.2) is 54.6 Å². The zero-order valence-electron chi connectivity index (χ0n) is 15.6. The van der Waals surface area contributed by atoms with E-state index < -0.39 is 0 Å². The predicted octanol–water partition coefficient (Wildman–Crippen LogP) is 3.18. The molecule has 1 aliphatic carbocycles. The maximum Gasteiger partial charge on any atom is 0.274 e. The van der Waals surface area contributed by atoms with E-state index in [1.54, 1.807) is 11.6 Å². The quantitative estimate of drug-likeness (QED) is 0.693. The molecule has 0 radical (unpaired) electrons. The summed E-state index contributed by atoms with van der Waals surface area (Å²) in [6, 6.07) is 17.2. The van der Waals surface area contributed by atoms with Gasteiger partial charge in [-0.3, -0.25) is 9.59 Å². The van der Waals surface area contributed by atoms with Crippen LogP contribution in [0.4, 0.5) is 5.69 Å². The van der Waals surface area contributed by atoms with Gasteiger partial charge in [-0.25, -0.2) is 4.68 Å². The minimum Gasteiger partial charge on any atom is -0.348 e. The third kappa shape index (κ3) is 3.78. The van der Waals surface area contributed by atoms with Crippen molar-refractivity contribution in [3.8, 4) is 16.9 Å². The minimum absolute atomic E-state index is 0.0440. The molecule has 1 aromatic heterocycles. The summed E-state index contributed by atoms with van der Waals surface area (Å²) in [5.41, 5.74) is 3.28. The molecule has 7 nitrogen and oxygen atoms in total. The van der Waals surface area contributed by atoms with Crippen molar-refractivity contribution >= 4 is 17.5 Å². The predicted molar refractivity (Wildman–Crippen MR) is 106 cm³/mol. The molecule has 0 bridgehead atoms. The van der Waals surface area contributed by atoms with Crippen molar-refractivity contribution < 1.29 is 9.59 Å². The van der Waals surface area contributed by atoms with Crippen LogP contribution >= 0.6 is 0 Å². The highest BCUT2D eigenvalue weighted by Crippen LogP contribution is 2.27. The molecule has 1 fully saturated rings. The van der Waals surface area contributed by atoms with E-state index in [1.807, 2.05) is 54.6 Å². The van der Waals surface area contributed by atoms with E-state index in [2.05, 4.69) is 20.9 Å². The van der Waals surface area contributed by atoms with Crippen molar-refractivity contribution in [2.75, 3.05) is 5.32 Å². The van der Waals surface area contributed by atoms with Crippen molar-refractivity contribution in [2.24, 2.45) is 0 Å². The summed E-state index contributed by atoms with van der Waals surface area (Å²) < 4.78 is 1.66. The molecule has 142 valence electrons. The van der Waals surface area contributed by atoms with Crippen LogP contribution in [0, 0.1) is 0 Å². The number of carbonyl (C=O) groups is 2. The Labute approximate surface area is 162 Å². The molecule has 0 spiro atoms. The monoisotopic (exact) mass is 375 g/mol. The summed E-state index contributed by atoms with van der Waals surface area (Å²) >= 11 is 0. The molecule has 1 heterocycles. The smallest absolute Gasteiger partial charge is 0.274 e. The molecule has 1 saturated carbocycles. The maximum atomic E-state index is 12.7. The summed E-state index contributed by atoms with van der Waals surface area (Å²) in [5, 5.41) is 14.2. The number of amides is 2. The van der Waals surface area contributed by atoms with E-state index in [0.717, 1.165) is 24.1 Å². The average Bonchev–Trinajstić information content (AvgIpc) is 3.43. The molecule has 7 heteroatoms. The summed E-state index contributed by atoms with van der Waals surface area (Å²) in [4.78, 5) is 24.2. The molecule has 28 heavy (non-hydrogen) atoms.